The van der Waals surface area contributed by atoms with Gasteiger partial charge in [0.1, 0.15) is 11.9 Å². The summed E-state index contributed by atoms with van der Waals surface area (Å²) in [6.45, 7) is 5.50. The smallest absolute Gasteiger partial charge is 0.276 e. The van der Waals surface area contributed by atoms with Crippen LogP contribution in [0.4, 0.5) is 5.13 Å². The van der Waals surface area contributed by atoms with Gasteiger partial charge in [0.25, 0.3) is 5.91 Å². The van der Waals surface area contributed by atoms with Crippen molar-refractivity contribution in [1.82, 2.24) is 9.88 Å². The number of carbonyl (C=O) groups is 1. The average molecular weight is 360 g/mol. The normalized spacial score (nSPS) is 17.2. The van der Waals surface area contributed by atoms with Crippen LogP contribution in [0.3, 0.4) is 0 Å². The fourth-order valence-electron chi connectivity index (χ4n) is 2.81. The highest BCUT2D eigenvalue weighted by atomic mass is 32.1. The second-order valence-corrected chi connectivity index (χ2v) is 7.40. The monoisotopic (exact) mass is 360 g/mol. The standard InChI is InChI=1S/C18H24N4O2S/c1-11-5-6-13(9-12(11)2)16-15(20-18(25-16)21(3)4)17(23)22-7-8-24-14(22)10-19/h5-6,9,14H,7-8,10,19H2,1-4H3. The number of aryl methyl sites for hydroxylation is 2. The van der Waals surface area contributed by atoms with Gasteiger partial charge in [-0.05, 0) is 30.5 Å². The van der Waals surface area contributed by atoms with Crippen LogP contribution in [0, 0.1) is 13.8 Å². The van der Waals surface area contributed by atoms with Gasteiger partial charge >= 0.3 is 0 Å². The van der Waals surface area contributed by atoms with Gasteiger partial charge in [0.15, 0.2) is 5.13 Å². The van der Waals surface area contributed by atoms with Gasteiger partial charge in [-0.15, -0.1) is 0 Å². The molecular formula is C18H24N4O2S. The number of ether oxygens (including phenoxy) is 1. The van der Waals surface area contributed by atoms with Crippen LogP contribution in [0.25, 0.3) is 10.4 Å². The third kappa shape index (κ3) is 3.40. The van der Waals surface area contributed by atoms with Crippen molar-refractivity contribution in [3.8, 4) is 10.4 Å². The molecule has 7 heteroatoms. The molecule has 0 saturated carbocycles. The van der Waals surface area contributed by atoms with Crippen LogP contribution in [-0.4, -0.2) is 55.8 Å². The molecule has 1 aliphatic heterocycles. The van der Waals surface area contributed by atoms with E-state index in [1.165, 1.54) is 22.5 Å². The Labute approximate surface area is 152 Å². The predicted octanol–water partition coefficient (Wildman–Crippen LogP) is 2.25. The molecule has 0 aliphatic carbocycles. The number of hydrogen-bond donors (Lipinski definition) is 1. The van der Waals surface area contributed by atoms with Crippen LogP contribution in [-0.2, 0) is 4.74 Å². The molecule has 1 atom stereocenters. The number of nitrogens with zero attached hydrogens (tertiary/aromatic N) is 3. The third-order valence-electron chi connectivity index (χ3n) is 4.42. The van der Waals surface area contributed by atoms with Gasteiger partial charge in [0.05, 0.1) is 11.5 Å². The Morgan fingerprint density at radius 2 is 2.16 bits per heavy atom. The highest BCUT2D eigenvalue weighted by Crippen LogP contribution is 2.36. The number of thiazole rings is 1. The van der Waals surface area contributed by atoms with E-state index in [1.807, 2.05) is 25.1 Å². The molecule has 25 heavy (non-hydrogen) atoms. The number of rotatable bonds is 4. The zero-order valence-electron chi connectivity index (χ0n) is 15.1. The lowest BCUT2D eigenvalue weighted by atomic mass is 10.0. The first-order chi connectivity index (χ1) is 11.9. The van der Waals surface area contributed by atoms with Crippen LogP contribution >= 0.6 is 11.3 Å². The molecule has 2 heterocycles. The Balaban J connectivity index is 2.06. The molecule has 1 amide bonds. The molecule has 1 unspecified atom stereocenters. The third-order valence-corrected chi connectivity index (χ3v) is 5.69. The molecule has 1 aliphatic rings. The second kappa shape index (κ2) is 7.11. The van der Waals surface area contributed by atoms with Gasteiger partial charge in [0, 0.05) is 27.2 Å². The minimum atomic E-state index is -0.371. The van der Waals surface area contributed by atoms with Crippen LogP contribution in [0.1, 0.15) is 21.6 Å². The van der Waals surface area contributed by atoms with Crippen LogP contribution in [0.5, 0.6) is 0 Å². The second-order valence-electron chi connectivity index (χ2n) is 6.43. The predicted molar refractivity (Wildman–Crippen MR) is 101 cm³/mol. The van der Waals surface area contributed by atoms with E-state index in [2.05, 4.69) is 31.0 Å². The first-order valence-electron chi connectivity index (χ1n) is 8.30. The summed E-state index contributed by atoms with van der Waals surface area (Å²) < 4.78 is 5.54. The molecule has 1 saturated heterocycles. The molecule has 2 aromatic rings. The maximum atomic E-state index is 13.1. The molecule has 0 bridgehead atoms. The minimum absolute atomic E-state index is 0.120. The molecule has 6 nitrogen and oxygen atoms in total. The van der Waals surface area contributed by atoms with Crippen molar-refractivity contribution in [3.63, 3.8) is 0 Å². The number of nitrogens with two attached hydrogens (primary N) is 1. The Bertz CT molecular complexity index is 787. The van der Waals surface area contributed by atoms with Gasteiger partial charge < -0.3 is 20.3 Å². The lowest BCUT2D eigenvalue weighted by Crippen LogP contribution is -2.41. The maximum absolute atomic E-state index is 13.1. The first kappa shape index (κ1) is 17.8. The largest absolute Gasteiger partial charge is 0.355 e. The fourth-order valence-corrected chi connectivity index (χ4v) is 3.78. The molecule has 2 N–H and O–H groups in total. The van der Waals surface area contributed by atoms with E-state index in [9.17, 15) is 4.79 Å². The van der Waals surface area contributed by atoms with E-state index in [4.69, 9.17) is 10.5 Å². The number of hydrogen-bond acceptors (Lipinski definition) is 6. The van der Waals surface area contributed by atoms with Crippen molar-refractivity contribution in [3.05, 3.63) is 35.0 Å². The summed E-state index contributed by atoms with van der Waals surface area (Å²) in [6, 6.07) is 6.24. The number of anilines is 1. The molecule has 134 valence electrons. The molecule has 0 spiro atoms. The highest BCUT2D eigenvalue weighted by molar-refractivity contribution is 7.19. The van der Waals surface area contributed by atoms with Crippen molar-refractivity contribution in [2.24, 2.45) is 5.73 Å². The minimum Gasteiger partial charge on any atom is -0.355 e. The summed E-state index contributed by atoms with van der Waals surface area (Å²) in [5.41, 5.74) is 9.64. The zero-order valence-corrected chi connectivity index (χ0v) is 15.9. The Morgan fingerprint density at radius 1 is 1.40 bits per heavy atom. The summed E-state index contributed by atoms with van der Waals surface area (Å²) in [5, 5.41) is 0.806. The van der Waals surface area contributed by atoms with Crippen LogP contribution < -0.4 is 10.6 Å². The lowest BCUT2D eigenvalue weighted by Gasteiger charge is -2.21. The van der Waals surface area contributed by atoms with Crippen molar-refractivity contribution in [1.29, 1.82) is 0 Å². The van der Waals surface area contributed by atoms with E-state index in [-0.39, 0.29) is 18.7 Å². The Morgan fingerprint density at radius 3 is 2.80 bits per heavy atom. The number of amides is 1. The summed E-state index contributed by atoms with van der Waals surface area (Å²) >= 11 is 1.53. The lowest BCUT2D eigenvalue weighted by molar-refractivity contribution is 0.0326. The van der Waals surface area contributed by atoms with E-state index < -0.39 is 0 Å². The Hall–Kier alpha value is -1.96. The number of benzene rings is 1. The molecule has 3 rings (SSSR count). The molecule has 1 aromatic heterocycles. The number of aromatic nitrogens is 1. The quantitative estimate of drug-likeness (QED) is 0.905. The molecule has 0 radical (unpaired) electrons. The van der Waals surface area contributed by atoms with Crippen molar-refractivity contribution in [2.45, 2.75) is 20.1 Å². The Kier molecular flexibility index (Phi) is 5.08. The zero-order chi connectivity index (χ0) is 18.1. The average Bonchev–Trinajstić information content (AvgIpc) is 3.23. The van der Waals surface area contributed by atoms with Crippen molar-refractivity contribution in [2.75, 3.05) is 38.7 Å². The van der Waals surface area contributed by atoms with Gasteiger partial charge in [-0.2, -0.15) is 0 Å². The molecule has 1 fully saturated rings. The van der Waals surface area contributed by atoms with Crippen molar-refractivity contribution >= 4 is 22.4 Å². The SMILES string of the molecule is Cc1ccc(-c2sc(N(C)C)nc2C(=O)N2CCOC2CN)cc1C. The van der Waals surface area contributed by atoms with E-state index >= 15 is 0 Å². The summed E-state index contributed by atoms with van der Waals surface area (Å²) in [5.74, 6) is -0.120. The topological polar surface area (TPSA) is 71.7 Å². The maximum Gasteiger partial charge on any atom is 0.276 e. The summed E-state index contributed by atoms with van der Waals surface area (Å²) in [7, 11) is 3.86. The van der Waals surface area contributed by atoms with Gasteiger partial charge in [-0.3, -0.25) is 4.79 Å². The number of carbonyl (C=O) groups excluding carboxylic acids is 1. The van der Waals surface area contributed by atoms with Crippen LogP contribution in [0.15, 0.2) is 18.2 Å². The van der Waals surface area contributed by atoms with Gasteiger partial charge in [0.2, 0.25) is 0 Å². The molecule has 1 aromatic carbocycles. The van der Waals surface area contributed by atoms with E-state index in [1.54, 1.807) is 4.90 Å². The first-order valence-corrected chi connectivity index (χ1v) is 9.12. The fraction of sp³-hybridized carbons (Fsp3) is 0.444. The van der Waals surface area contributed by atoms with Gasteiger partial charge in [-0.25, -0.2) is 4.98 Å². The van der Waals surface area contributed by atoms with Crippen molar-refractivity contribution < 1.29 is 9.53 Å². The molecular weight excluding hydrogens is 336 g/mol. The van der Waals surface area contributed by atoms with E-state index in [0.717, 1.165) is 15.6 Å². The summed E-state index contributed by atoms with van der Waals surface area (Å²) in [4.78, 5) is 22.2. The van der Waals surface area contributed by atoms with Gasteiger partial charge in [-0.1, -0.05) is 29.5 Å². The highest BCUT2D eigenvalue weighted by Gasteiger charge is 2.33. The van der Waals surface area contributed by atoms with E-state index in [0.29, 0.717) is 18.8 Å². The summed E-state index contributed by atoms with van der Waals surface area (Å²) in [6.07, 6.45) is -0.371. The van der Waals surface area contributed by atoms with Crippen LogP contribution in [0.2, 0.25) is 0 Å².